The van der Waals surface area contributed by atoms with Gasteiger partial charge in [-0.2, -0.15) is 4.31 Å². The fourth-order valence-electron chi connectivity index (χ4n) is 2.74. The van der Waals surface area contributed by atoms with Crippen molar-refractivity contribution in [3.63, 3.8) is 0 Å². The Morgan fingerprint density at radius 2 is 2.10 bits per heavy atom. The Morgan fingerprint density at radius 3 is 2.76 bits per heavy atom. The van der Waals surface area contributed by atoms with Crippen molar-refractivity contribution in [1.29, 1.82) is 0 Å². The van der Waals surface area contributed by atoms with Crippen molar-refractivity contribution >= 4 is 27.2 Å². The smallest absolute Gasteiger partial charge is 0.218 e. The summed E-state index contributed by atoms with van der Waals surface area (Å²) in [7, 11) is -3.31. The van der Waals surface area contributed by atoms with Gasteiger partial charge >= 0.3 is 0 Å². The topological polar surface area (TPSA) is 63.4 Å². The van der Waals surface area contributed by atoms with E-state index in [2.05, 4.69) is 6.92 Å². The van der Waals surface area contributed by atoms with E-state index in [1.54, 1.807) is 28.6 Å². The first-order valence-corrected chi connectivity index (χ1v) is 9.19. The highest BCUT2D eigenvalue weighted by Gasteiger charge is 2.32. The van der Waals surface area contributed by atoms with Crippen LogP contribution in [0.3, 0.4) is 0 Å². The van der Waals surface area contributed by atoms with Crippen LogP contribution in [0.1, 0.15) is 37.8 Å². The molecule has 4 nitrogen and oxygen atoms in total. The fraction of sp³-hybridized carbons (Fsp3) is 0.533. The second-order valence-electron chi connectivity index (χ2n) is 5.92. The summed E-state index contributed by atoms with van der Waals surface area (Å²) in [6.45, 7) is 4.69. The van der Waals surface area contributed by atoms with E-state index < -0.39 is 10.0 Å². The molecule has 6 heteroatoms. The molecule has 0 spiro atoms. The molecule has 1 saturated heterocycles. The van der Waals surface area contributed by atoms with Gasteiger partial charge in [-0.05, 0) is 37.3 Å². The first-order chi connectivity index (χ1) is 9.79. The molecule has 2 N–H and O–H groups in total. The van der Waals surface area contributed by atoms with E-state index in [0.717, 1.165) is 18.4 Å². The van der Waals surface area contributed by atoms with Crippen LogP contribution < -0.4 is 5.73 Å². The molecule has 116 valence electrons. The quantitative estimate of drug-likeness (QED) is 0.862. The normalized spacial score (nSPS) is 23.9. The molecule has 0 saturated carbocycles. The number of hydrogen-bond acceptors (Lipinski definition) is 3. The highest BCUT2D eigenvalue weighted by Crippen LogP contribution is 2.26. The molecule has 2 atom stereocenters. The van der Waals surface area contributed by atoms with Gasteiger partial charge in [0.15, 0.2) is 0 Å². The predicted molar refractivity (Wildman–Crippen MR) is 89.5 cm³/mol. The second kappa shape index (κ2) is 6.42. The van der Waals surface area contributed by atoms with Crippen LogP contribution in [0, 0.1) is 5.92 Å². The zero-order chi connectivity index (χ0) is 15.6. The van der Waals surface area contributed by atoms with Crippen LogP contribution in [0.25, 0.3) is 0 Å². The SMILES string of the molecule is CC1CCC(C)N(S(=O)(=O)Cc2cccc(C(N)=S)c2)C1. The lowest BCUT2D eigenvalue weighted by molar-refractivity contribution is 0.217. The average Bonchev–Trinajstić information content (AvgIpc) is 2.41. The summed E-state index contributed by atoms with van der Waals surface area (Å²) in [6, 6.07) is 7.23. The molecular formula is C15H22N2O2S2. The lowest BCUT2D eigenvalue weighted by Crippen LogP contribution is -2.45. The summed E-state index contributed by atoms with van der Waals surface area (Å²) in [5.41, 5.74) is 7.03. The van der Waals surface area contributed by atoms with Gasteiger partial charge < -0.3 is 5.73 Å². The van der Waals surface area contributed by atoms with E-state index in [1.807, 2.05) is 6.92 Å². The molecule has 1 aliphatic heterocycles. The van der Waals surface area contributed by atoms with Gasteiger partial charge in [0.25, 0.3) is 0 Å². The Morgan fingerprint density at radius 1 is 1.38 bits per heavy atom. The van der Waals surface area contributed by atoms with Crippen LogP contribution in [-0.2, 0) is 15.8 Å². The molecule has 21 heavy (non-hydrogen) atoms. The summed E-state index contributed by atoms with van der Waals surface area (Å²) < 4.78 is 27.0. The molecule has 0 bridgehead atoms. The molecule has 0 aliphatic carbocycles. The third-order valence-electron chi connectivity index (χ3n) is 3.98. The van der Waals surface area contributed by atoms with Crippen molar-refractivity contribution in [2.75, 3.05) is 6.54 Å². The van der Waals surface area contributed by atoms with Crippen molar-refractivity contribution in [3.05, 3.63) is 35.4 Å². The second-order valence-corrected chi connectivity index (χ2v) is 8.28. The minimum atomic E-state index is -3.31. The summed E-state index contributed by atoms with van der Waals surface area (Å²) in [5.74, 6) is 0.416. The summed E-state index contributed by atoms with van der Waals surface area (Å²) in [6.07, 6.45) is 2.01. The van der Waals surface area contributed by atoms with Crippen molar-refractivity contribution < 1.29 is 8.42 Å². The van der Waals surface area contributed by atoms with Gasteiger partial charge in [0.05, 0.1) is 5.75 Å². The highest BCUT2D eigenvalue weighted by atomic mass is 32.2. The Bertz CT molecular complexity index is 628. The zero-order valence-electron chi connectivity index (χ0n) is 12.5. The molecule has 0 radical (unpaired) electrons. The maximum absolute atomic E-state index is 12.7. The zero-order valence-corrected chi connectivity index (χ0v) is 14.1. The number of sulfonamides is 1. The van der Waals surface area contributed by atoms with Gasteiger partial charge in [0, 0.05) is 18.2 Å². The molecule has 1 aromatic carbocycles. The van der Waals surface area contributed by atoms with Gasteiger partial charge in [-0.25, -0.2) is 8.42 Å². The third kappa shape index (κ3) is 4.02. The molecule has 0 amide bonds. The number of benzene rings is 1. The Hall–Kier alpha value is -0.980. The van der Waals surface area contributed by atoms with Crippen LogP contribution in [0.4, 0.5) is 0 Å². The molecule has 1 fully saturated rings. The largest absolute Gasteiger partial charge is 0.389 e. The first-order valence-electron chi connectivity index (χ1n) is 7.18. The summed E-state index contributed by atoms with van der Waals surface area (Å²) in [4.78, 5) is 0.286. The van der Waals surface area contributed by atoms with Gasteiger partial charge in [-0.15, -0.1) is 0 Å². The minimum Gasteiger partial charge on any atom is -0.389 e. The van der Waals surface area contributed by atoms with Crippen LogP contribution in [0.2, 0.25) is 0 Å². The van der Waals surface area contributed by atoms with Crippen molar-refractivity contribution in [2.24, 2.45) is 11.7 Å². The first kappa shape index (κ1) is 16.4. The van der Waals surface area contributed by atoms with Gasteiger partial charge in [0.2, 0.25) is 10.0 Å². The summed E-state index contributed by atoms with van der Waals surface area (Å²) in [5, 5.41) is 0. The molecule has 0 aromatic heterocycles. The van der Waals surface area contributed by atoms with Crippen molar-refractivity contribution in [1.82, 2.24) is 4.31 Å². The molecule has 2 rings (SSSR count). The highest BCUT2D eigenvalue weighted by molar-refractivity contribution is 7.88. The van der Waals surface area contributed by atoms with Crippen LogP contribution in [0.5, 0.6) is 0 Å². The molecule has 2 unspecified atom stereocenters. The van der Waals surface area contributed by atoms with E-state index >= 15 is 0 Å². The van der Waals surface area contributed by atoms with Gasteiger partial charge in [-0.3, -0.25) is 0 Å². The summed E-state index contributed by atoms with van der Waals surface area (Å²) >= 11 is 4.94. The van der Waals surface area contributed by atoms with Gasteiger partial charge in [0.1, 0.15) is 4.99 Å². The molecule has 1 aromatic rings. The van der Waals surface area contributed by atoms with E-state index in [1.165, 1.54) is 0 Å². The van der Waals surface area contributed by atoms with E-state index in [4.69, 9.17) is 18.0 Å². The van der Waals surface area contributed by atoms with Crippen LogP contribution in [-0.4, -0.2) is 30.3 Å². The van der Waals surface area contributed by atoms with Crippen molar-refractivity contribution in [3.8, 4) is 0 Å². The van der Waals surface area contributed by atoms with Crippen LogP contribution >= 0.6 is 12.2 Å². The molecule has 1 aliphatic rings. The Labute approximate surface area is 132 Å². The maximum atomic E-state index is 12.7. The minimum absolute atomic E-state index is 0.000509. The number of hydrogen-bond donors (Lipinski definition) is 1. The lowest BCUT2D eigenvalue weighted by Gasteiger charge is -2.35. The van der Waals surface area contributed by atoms with Gasteiger partial charge in [-0.1, -0.05) is 37.3 Å². The standard InChI is InChI=1S/C15H22N2O2S2/c1-11-6-7-12(2)17(9-11)21(18,19)10-13-4-3-5-14(8-13)15(16)20/h3-5,8,11-12H,6-7,9-10H2,1-2H3,(H2,16,20). The van der Waals surface area contributed by atoms with E-state index in [0.29, 0.717) is 18.0 Å². The number of rotatable bonds is 4. The van der Waals surface area contributed by atoms with E-state index in [9.17, 15) is 8.42 Å². The molecule has 1 heterocycles. The number of nitrogens with two attached hydrogens (primary N) is 1. The maximum Gasteiger partial charge on any atom is 0.218 e. The molecular weight excluding hydrogens is 304 g/mol. The van der Waals surface area contributed by atoms with E-state index in [-0.39, 0.29) is 16.8 Å². The fourth-order valence-corrected chi connectivity index (χ4v) is 4.77. The lowest BCUT2D eigenvalue weighted by atomic mass is 9.97. The van der Waals surface area contributed by atoms with Crippen LogP contribution in [0.15, 0.2) is 24.3 Å². The average molecular weight is 326 g/mol. The third-order valence-corrected chi connectivity index (χ3v) is 6.14. The number of nitrogens with zero attached hydrogens (tertiary/aromatic N) is 1. The van der Waals surface area contributed by atoms with Crippen molar-refractivity contribution in [2.45, 2.75) is 38.5 Å². The predicted octanol–water partition coefficient (Wildman–Crippen LogP) is 2.27. The number of piperidine rings is 1. The Balaban J connectivity index is 2.20. The number of thiocarbonyl (C=S) groups is 1. The monoisotopic (exact) mass is 326 g/mol. The Kier molecular flexibility index (Phi) is 5.01.